The summed E-state index contributed by atoms with van der Waals surface area (Å²) in [6, 6.07) is 3.81. The van der Waals surface area contributed by atoms with Gasteiger partial charge in [0.25, 0.3) is 0 Å². The Hall–Kier alpha value is -1.26. The van der Waals surface area contributed by atoms with Crippen LogP contribution >= 0.6 is 0 Å². The fourth-order valence-corrected chi connectivity index (χ4v) is 1.99. The molecule has 0 saturated heterocycles. The van der Waals surface area contributed by atoms with Crippen LogP contribution < -0.4 is 10.5 Å². The summed E-state index contributed by atoms with van der Waals surface area (Å²) in [5, 5.41) is 0. The molecule has 0 bridgehead atoms. The zero-order valence-corrected chi connectivity index (χ0v) is 12.0. The fourth-order valence-electron chi connectivity index (χ4n) is 1.99. The van der Waals surface area contributed by atoms with E-state index in [1.54, 1.807) is 0 Å². The highest BCUT2D eigenvalue weighted by Gasteiger charge is 2.16. The van der Waals surface area contributed by atoms with Gasteiger partial charge in [-0.1, -0.05) is 20.8 Å². The summed E-state index contributed by atoms with van der Waals surface area (Å²) < 4.78 is 16.5. The molecule has 0 spiro atoms. The second-order valence-corrected chi connectivity index (χ2v) is 6.14. The smallest absolute Gasteiger partial charge is 0.189 e. The molecule has 0 aromatic heterocycles. The van der Waals surface area contributed by atoms with Crippen molar-refractivity contribution in [3.05, 3.63) is 23.3 Å². The van der Waals surface area contributed by atoms with E-state index >= 15 is 0 Å². The molecule has 0 fully saturated rings. The van der Waals surface area contributed by atoms with Crippen LogP contribution in [-0.4, -0.2) is 13.4 Å². The fraction of sp³-hybridized carbons (Fsp3) is 0.600. The first-order valence-corrected chi connectivity index (χ1v) is 6.65. The maximum atomic E-state index is 5.89. The lowest BCUT2D eigenvalue weighted by Crippen LogP contribution is -2.15. The highest BCUT2D eigenvalue weighted by Crippen LogP contribution is 2.31. The van der Waals surface area contributed by atoms with Crippen molar-refractivity contribution in [2.45, 2.75) is 40.4 Å². The van der Waals surface area contributed by atoms with Gasteiger partial charge in [0, 0.05) is 23.4 Å². The predicted molar refractivity (Wildman–Crippen MR) is 74.9 cm³/mol. The Kier molecular flexibility index (Phi) is 4.32. The maximum absolute atomic E-state index is 5.89. The standard InChI is InChI=1S/C15H23NO3/c1-15(2,3)4-5-17-8-11-6-13(16)7-12-9-18-10-19-14(11)12/h6-7H,4-5,8-10,16H2,1-3H3. The Labute approximate surface area is 114 Å². The van der Waals surface area contributed by atoms with Crippen molar-refractivity contribution < 1.29 is 14.2 Å². The number of hydrogen-bond donors (Lipinski definition) is 1. The van der Waals surface area contributed by atoms with Crippen molar-refractivity contribution in [1.82, 2.24) is 0 Å². The number of anilines is 1. The predicted octanol–water partition coefficient (Wildman–Crippen LogP) is 3.09. The highest BCUT2D eigenvalue weighted by molar-refractivity contribution is 5.53. The van der Waals surface area contributed by atoms with Crippen molar-refractivity contribution in [1.29, 1.82) is 0 Å². The molecular weight excluding hydrogens is 242 g/mol. The van der Waals surface area contributed by atoms with Gasteiger partial charge in [-0.25, -0.2) is 0 Å². The monoisotopic (exact) mass is 265 g/mol. The van der Waals surface area contributed by atoms with Gasteiger partial charge in [-0.3, -0.25) is 0 Å². The molecule has 1 aromatic carbocycles. The Morgan fingerprint density at radius 3 is 2.84 bits per heavy atom. The Morgan fingerprint density at radius 2 is 2.11 bits per heavy atom. The molecule has 4 nitrogen and oxygen atoms in total. The number of hydrogen-bond acceptors (Lipinski definition) is 4. The van der Waals surface area contributed by atoms with E-state index in [-0.39, 0.29) is 0 Å². The van der Waals surface area contributed by atoms with Gasteiger partial charge in [0.1, 0.15) is 5.75 Å². The van der Waals surface area contributed by atoms with Gasteiger partial charge in [-0.05, 0) is 24.0 Å². The van der Waals surface area contributed by atoms with E-state index in [9.17, 15) is 0 Å². The van der Waals surface area contributed by atoms with Crippen LogP contribution in [0.15, 0.2) is 12.1 Å². The number of nitrogens with two attached hydrogens (primary N) is 1. The Bertz CT molecular complexity index is 438. The molecule has 0 saturated carbocycles. The van der Waals surface area contributed by atoms with E-state index in [1.165, 1.54) is 0 Å². The van der Waals surface area contributed by atoms with Crippen LogP contribution in [0.2, 0.25) is 0 Å². The van der Waals surface area contributed by atoms with Gasteiger partial charge in [-0.2, -0.15) is 0 Å². The van der Waals surface area contributed by atoms with Crippen LogP contribution in [0.5, 0.6) is 5.75 Å². The molecule has 0 aliphatic carbocycles. The molecule has 1 aliphatic rings. The molecule has 1 heterocycles. The molecule has 1 aliphatic heterocycles. The van der Waals surface area contributed by atoms with Crippen LogP contribution in [0.25, 0.3) is 0 Å². The minimum atomic E-state index is 0.291. The van der Waals surface area contributed by atoms with E-state index in [0.29, 0.717) is 25.4 Å². The van der Waals surface area contributed by atoms with Crippen molar-refractivity contribution >= 4 is 5.69 Å². The molecular formula is C15H23NO3. The van der Waals surface area contributed by atoms with Crippen molar-refractivity contribution in [2.75, 3.05) is 19.1 Å². The van der Waals surface area contributed by atoms with Crippen LogP contribution in [0, 0.1) is 5.41 Å². The summed E-state index contributed by atoms with van der Waals surface area (Å²) in [6.45, 7) is 8.74. The molecule has 2 N–H and O–H groups in total. The average Bonchev–Trinajstić information content (AvgIpc) is 2.33. The van der Waals surface area contributed by atoms with E-state index in [0.717, 1.165) is 35.6 Å². The maximum Gasteiger partial charge on any atom is 0.189 e. The molecule has 0 radical (unpaired) electrons. The second-order valence-electron chi connectivity index (χ2n) is 6.14. The van der Waals surface area contributed by atoms with Crippen LogP contribution in [-0.2, 0) is 22.7 Å². The summed E-state index contributed by atoms with van der Waals surface area (Å²) in [7, 11) is 0. The summed E-state index contributed by atoms with van der Waals surface area (Å²) in [4.78, 5) is 0. The summed E-state index contributed by atoms with van der Waals surface area (Å²) >= 11 is 0. The summed E-state index contributed by atoms with van der Waals surface area (Å²) in [6.07, 6.45) is 1.03. The van der Waals surface area contributed by atoms with Crippen molar-refractivity contribution in [3.8, 4) is 5.75 Å². The van der Waals surface area contributed by atoms with Crippen LogP contribution in [0.3, 0.4) is 0 Å². The number of rotatable bonds is 4. The lowest BCUT2D eigenvalue weighted by atomic mass is 9.93. The number of nitrogen functional groups attached to an aromatic ring is 1. The number of fused-ring (bicyclic) bond motifs is 1. The molecule has 19 heavy (non-hydrogen) atoms. The Morgan fingerprint density at radius 1 is 1.32 bits per heavy atom. The van der Waals surface area contributed by atoms with Gasteiger partial charge < -0.3 is 19.9 Å². The average molecular weight is 265 g/mol. The third-order valence-electron chi connectivity index (χ3n) is 3.06. The molecule has 106 valence electrons. The van der Waals surface area contributed by atoms with Gasteiger partial charge >= 0.3 is 0 Å². The second kappa shape index (κ2) is 5.80. The normalized spacial score (nSPS) is 14.9. The zero-order valence-electron chi connectivity index (χ0n) is 12.0. The molecule has 2 rings (SSSR count). The first kappa shape index (κ1) is 14.2. The first-order chi connectivity index (χ1) is 8.96. The third kappa shape index (κ3) is 4.11. The number of benzene rings is 1. The summed E-state index contributed by atoms with van der Waals surface area (Å²) in [5.74, 6) is 0.871. The lowest BCUT2D eigenvalue weighted by Gasteiger charge is -2.22. The third-order valence-corrected chi connectivity index (χ3v) is 3.06. The minimum Gasteiger partial charge on any atom is -0.467 e. The SMILES string of the molecule is CC(C)(C)CCOCc1cc(N)cc2c1OCOC2. The molecule has 0 atom stereocenters. The minimum absolute atomic E-state index is 0.291. The van der Waals surface area contributed by atoms with E-state index in [4.69, 9.17) is 19.9 Å². The van der Waals surface area contributed by atoms with E-state index in [2.05, 4.69) is 20.8 Å². The lowest BCUT2D eigenvalue weighted by molar-refractivity contribution is -0.0185. The van der Waals surface area contributed by atoms with E-state index < -0.39 is 0 Å². The molecule has 0 unspecified atom stereocenters. The quantitative estimate of drug-likeness (QED) is 0.671. The first-order valence-electron chi connectivity index (χ1n) is 6.65. The highest BCUT2D eigenvalue weighted by atomic mass is 16.7. The zero-order chi connectivity index (χ0) is 13.9. The van der Waals surface area contributed by atoms with Crippen LogP contribution in [0.1, 0.15) is 38.3 Å². The van der Waals surface area contributed by atoms with Gasteiger partial charge in [-0.15, -0.1) is 0 Å². The van der Waals surface area contributed by atoms with Crippen molar-refractivity contribution in [2.24, 2.45) is 5.41 Å². The summed E-state index contributed by atoms with van der Waals surface area (Å²) in [5.41, 5.74) is 8.91. The molecule has 4 heteroatoms. The van der Waals surface area contributed by atoms with Crippen molar-refractivity contribution in [3.63, 3.8) is 0 Å². The van der Waals surface area contributed by atoms with Gasteiger partial charge in [0.2, 0.25) is 0 Å². The molecule has 1 aromatic rings. The largest absolute Gasteiger partial charge is 0.467 e. The Balaban J connectivity index is 1.98. The number of ether oxygens (including phenoxy) is 3. The van der Waals surface area contributed by atoms with Crippen LogP contribution in [0.4, 0.5) is 5.69 Å². The molecule has 0 amide bonds. The van der Waals surface area contributed by atoms with E-state index in [1.807, 2.05) is 12.1 Å². The van der Waals surface area contributed by atoms with Gasteiger partial charge in [0.05, 0.1) is 13.2 Å². The van der Waals surface area contributed by atoms with Gasteiger partial charge in [0.15, 0.2) is 6.79 Å². The topological polar surface area (TPSA) is 53.7 Å².